The number of anilines is 4. The number of para-hydroxylation sites is 1. The van der Waals surface area contributed by atoms with Crippen LogP contribution in [0.3, 0.4) is 0 Å². The van der Waals surface area contributed by atoms with Gasteiger partial charge in [-0.1, -0.05) is 17.3 Å². The summed E-state index contributed by atoms with van der Waals surface area (Å²) >= 11 is 0. The van der Waals surface area contributed by atoms with E-state index in [0.717, 1.165) is 0 Å². The van der Waals surface area contributed by atoms with Crippen molar-refractivity contribution in [2.24, 2.45) is 0 Å². The molecule has 2 aromatic heterocycles. The Hall–Kier alpha value is -3.23. The van der Waals surface area contributed by atoms with E-state index >= 15 is 0 Å². The summed E-state index contributed by atoms with van der Waals surface area (Å²) in [6.07, 6.45) is 1.53. The third-order valence-corrected chi connectivity index (χ3v) is 4.19. The number of hydrogen-bond donors (Lipinski definition) is 1. The average Bonchev–Trinajstić information content (AvgIpc) is 3.07. The van der Waals surface area contributed by atoms with Gasteiger partial charge in [0.2, 0.25) is 5.95 Å². The molecule has 3 heterocycles. The van der Waals surface area contributed by atoms with Crippen molar-refractivity contribution in [2.45, 2.75) is 6.92 Å². The summed E-state index contributed by atoms with van der Waals surface area (Å²) in [6, 6.07) is 8.60. The first kappa shape index (κ1) is 16.2. The molecule has 1 aromatic carbocycles. The van der Waals surface area contributed by atoms with Gasteiger partial charge in [0, 0.05) is 32.2 Å². The smallest absolute Gasteiger partial charge is 0.247 e. The quantitative estimate of drug-likeness (QED) is 0.764. The lowest BCUT2D eigenvalue weighted by Crippen LogP contribution is -2.47. The van der Waals surface area contributed by atoms with Crippen LogP contribution >= 0.6 is 0 Å². The van der Waals surface area contributed by atoms with Gasteiger partial charge in [0.25, 0.3) is 0 Å². The van der Waals surface area contributed by atoms with Crippen molar-refractivity contribution < 1.29 is 8.91 Å². The molecule has 0 unspecified atom stereocenters. The monoisotopic (exact) mass is 355 g/mol. The Labute approximate surface area is 149 Å². The summed E-state index contributed by atoms with van der Waals surface area (Å²) in [5, 5.41) is 15.0. The van der Waals surface area contributed by atoms with Crippen LogP contribution in [0.15, 0.2) is 41.1 Å². The maximum absolute atomic E-state index is 13.9. The largest absolute Gasteiger partial charge is 0.366 e. The molecule has 1 aliphatic heterocycles. The molecule has 1 N–H and O–H groups in total. The number of rotatable bonds is 4. The molecule has 0 atom stereocenters. The van der Waals surface area contributed by atoms with Crippen LogP contribution in [0.4, 0.5) is 27.7 Å². The van der Waals surface area contributed by atoms with E-state index in [1.165, 1.54) is 12.3 Å². The van der Waals surface area contributed by atoms with Gasteiger partial charge in [-0.15, -0.1) is 5.10 Å². The molecule has 0 aliphatic carbocycles. The second-order valence-corrected chi connectivity index (χ2v) is 6.01. The van der Waals surface area contributed by atoms with E-state index in [2.05, 4.69) is 25.7 Å². The molecule has 1 fully saturated rings. The van der Waals surface area contributed by atoms with Gasteiger partial charge < -0.3 is 19.6 Å². The Morgan fingerprint density at radius 3 is 2.58 bits per heavy atom. The molecule has 0 saturated carbocycles. The molecular formula is C17H18FN7O. The second-order valence-electron chi connectivity index (χ2n) is 6.01. The van der Waals surface area contributed by atoms with Crippen LogP contribution in [0.1, 0.15) is 5.76 Å². The zero-order valence-corrected chi connectivity index (χ0v) is 14.3. The number of halogens is 1. The van der Waals surface area contributed by atoms with Crippen molar-refractivity contribution in [1.82, 2.24) is 20.3 Å². The Bertz CT molecular complexity index is 892. The number of benzene rings is 1. The van der Waals surface area contributed by atoms with E-state index < -0.39 is 0 Å². The average molecular weight is 355 g/mol. The highest BCUT2D eigenvalue weighted by molar-refractivity contribution is 5.53. The molecule has 0 radical (unpaired) electrons. The molecule has 8 nitrogen and oxygen atoms in total. The van der Waals surface area contributed by atoms with Gasteiger partial charge in [-0.05, 0) is 19.1 Å². The van der Waals surface area contributed by atoms with E-state index in [-0.39, 0.29) is 5.82 Å². The molecule has 0 bridgehead atoms. The normalized spacial score (nSPS) is 14.5. The lowest BCUT2D eigenvalue weighted by Gasteiger charge is -2.36. The summed E-state index contributed by atoms with van der Waals surface area (Å²) in [5.41, 5.74) is 0.628. The van der Waals surface area contributed by atoms with Gasteiger partial charge in [0.05, 0.1) is 11.9 Å². The predicted octanol–water partition coefficient (Wildman–Crippen LogP) is 2.38. The van der Waals surface area contributed by atoms with Gasteiger partial charge in [0.1, 0.15) is 11.6 Å². The highest BCUT2D eigenvalue weighted by Crippen LogP contribution is 2.22. The fraction of sp³-hybridized carbons (Fsp3) is 0.294. The number of piperazine rings is 1. The van der Waals surface area contributed by atoms with Crippen LogP contribution in [0.2, 0.25) is 0 Å². The van der Waals surface area contributed by atoms with Crippen LogP contribution in [0.25, 0.3) is 0 Å². The molecule has 1 aliphatic rings. The lowest BCUT2D eigenvalue weighted by atomic mass is 10.2. The molecule has 1 saturated heterocycles. The second kappa shape index (κ2) is 6.95. The molecular weight excluding hydrogens is 337 g/mol. The highest BCUT2D eigenvalue weighted by Gasteiger charge is 2.21. The predicted molar refractivity (Wildman–Crippen MR) is 95.2 cm³/mol. The Balaban J connectivity index is 1.43. The van der Waals surface area contributed by atoms with Gasteiger partial charge >= 0.3 is 0 Å². The highest BCUT2D eigenvalue weighted by atomic mass is 19.1. The van der Waals surface area contributed by atoms with Crippen LogP contribution in [0, 0.1) is 12.7 Å². The standard InChI is InChI=1S/C17H18FN7O/c1-12-10-15(23-26-12)20-16-11-19-22-17(21-16)25-8-6-24(7-9-25)14-5-3-2-4-13(14)18/h2-5,10-11H,6-9H2,1H3,(H,20,21,22,23). The van der Waals surface area contributed by atoms with Crippen molar-refractivity contribution in [1.29, 1.82) is 0 Å². The maximum atomic E-state index is 13.9. The molecule has 3 aromatic rings. The van der Waals surface area contributed by atoms with Crippen molar-refractivity contribution in [3.05, 3.63) is 48.1 Å². The lowest BCUT2D eigenvalue weighted by molar-refractivity contribution is 0.400. The Morgan fingerprint density at radius 2 is 1.85 bits per heavy atom. The fourth-order valence-corrected chi connectivity index (χ4v) is 2.90. The first-order valence-corrected chi connectivity index (χ1v) is 8.33. The Kier molecular flexibility index (Phi) is 4.34. The van der Waals surface area contributed by atoms with E-state index in [9.17, 15) is 4.39 Å². The summed E-state index contributed by atoms with van der Waals surface area (Å²) < 4.78 is 19.0. The molecule has 26 heavy (non-hydrogen) atoms. The molecule has 134 valence electrons. The topological polar surface area (TPSA) is 83.2 Å². The minimum atomic E-state index is -0.201. The first-order valence-electron chi connectivity index (χ1n) is 8.33. The molecule has 4 rings (SSSR count). The third kappa shape index (κ3) is 3.41. The number of aromatic nitrogens is 4. The number of hydrogen-bond acceptors (Lipinski definition) is 8. The van der Waals surface area contributed by atoms with E-state index in [1.54, 1.807) is 18.2 Å². The minimum absolute atomic E-state index is 0.201. The molecule has 9 heteroatoms. The summed E-state index contributed by atoms with van der Waals surface area (Å²) in [7, 11) is 0. The minimum Gasteiger partial charge on any atom is -0.366 e. The summed E-state index contributed by atoms with van der Waals surface area (Å²) in [4.78, 5) is 8.54. The third-order valence-electron chi connectivity index (χ3n) is 4.19. The fourth-order valence-electron chi connectivity index (χ4n) is 2.90. The number of aryl methyl sites for hydroxylation is 1. The van der Waals surface area contributed by atoms with Gasteiger partial charge in [0.15, 0.2) is 11.6 Å². The maximum Gasteiger partial charge on any atom is 0.247 e. The van der Waals surface area contributed by atoms with Gasteiger partial charge in [-0.2, -0.15) is 10.1 Å². The molecule has 0 amide bonds. The van der Waals surface area contributed by atoms with Crippen LogP contribution in [0.5, 0.6) is 0 Å². The van der Waals surface area contributed by atoms with Crippen molar-refractivity contribution >= 4 is 23.3 Å². The van der Waals surface area contributed by atoms with Gasteiger partial charge in [-0.25, -0.2) is 4.39 Å². The SMILES string of the molecule is Cc1cc(Nc2cnnc(N3CCN(c4ccccc4F)CC3)n2)no1. The van der Waals surface area contributed by atoms with E-state index in [1.807, 2.05) is 22.8 Å². The number of nitrogens with one attached hydrogen (secondary N) is 1. The first-order chi connectivity index (χ1) is 12.7. The number of nitrogens with zero attached hydrogens (tertiary/aromatic N) is 6. The van der Waals surface area contributed by atoms with E-state index in [0.29, 0.717) is 55.2 Å². The van der Waals surface area contributed by atoms with Crippen molar-refractivity contribution in [3.63, 3.8) is 0 Å². The van der Waals surface area contributed by atoms with Crippen molar-refractivity contribution in [2.75, 3.05) is 41.3 Å². The summed E-state index contributed by atoms with van der Waals surface area (Å²) in [6.45, 7) is 4.55. The summed E-state index contributed by atoms with van der Waals surface area (Å²) in [5.74, 6) is 2.15. The van der Waals surface area contributed by atoms with Crippen LogP contribution in [-0.2, 0) is 0 Å². The van der Waals surface area contributed by atoms with E-state index in [4.69, 9.17) is 4.52 Å². The van der Waals surface area contributed by atoms with Crippen LogP contribution < -0.4 is 15.1 Å². The Morgan fingerprint density at radius 1 is 1.08 bits per heavy atom. The zero-order chi connectivity index (χ0) is 17.9. The zero-order valence-electron chi connectivity index (χ0n) is 14.3. The molecule has 0 spiro atoms. The van der Waals surface area contributed by atoms with Crippen molar-refractivity contribution in [3.8, 4) is 0 Å². The van der Waals surface area contributed by atoms with Crippen LogP contribution in [-0.4, -0.2) is 46.5 Å². The van der Waals surface area contributed by atoms with Gasteiger partial charge in [-0.3, -0.25) is 0 Å².